The van der Waals surface area contributed by atoms with Crippen molar-refractivity contribution in [2.45, 2.75) is 26.9 Å². The van der Waals surface area contributed by atoms with Gasteiger partial charge in [0.25, 0.3) is 0 Å². The number of carbonyl (C=O) groups is 1. The summed E-state index contributed by atoms with van der Waals surface area (Å²) in [5.74, 6) is 1.12. The maximum Gasteiger partial charge on any atom is 0.325 e. The molecule has 0 saturated heterocycles. The van der Waals surface area contributed by atoms with Crippen molar-refractivity contribution in [1.29, 1.82) is 0 Å². The minimum Gasteiger partial charge on any atom is -0.493 e. The molecule has 0 aliphatic carbocycles. The molecule has 0 bridgehead atoms. The van der Waals surface area contributed by atoms with E-state index in [2.05, 4.69) is 10.5 Å². The number of nitrogens with one attached hydrogen (secondary N) is 1. The Labute approximate surface area is 176 Å². The summed E-state index contributed by atoms with van der Waals surface area (Å²) in [5, 5.41) is 5.44. The van der Waals surface area contributed by atoms with Crippen LogP contribution in [0.3, 0.4) is 0 Å². The predicted molar refractivity (Wildman–Crippen MR) is 117 cm³/mol. The summed E-state index contributed by atoms with van der Waals surface area (Å²) in [6.07, 6.45) is 1.79. The molecule has 30 heavy (non-hydrogen) atoms. The van der Waals surface area contributed by atoms with Crippen LogP contribution in [-0.4, -0.2) is 37.6 Å². The highest BCUT2D eigenvalue weighted by molar-refractivity contribution is 6.01. The van der Waals surface area contributed by atoms with Crippen LogP contribution in [0.25, 0.3) is 10.9 Å². The summed E-state index contributed by atoms with van der Waals surface area (Å²) in [4.78, 5) is 12.0. The van der Waals surface area contributed by atoms with Gasteiger partial charge in [0.15, 0.2) is 11.5 Å². The monoisotopic (exact) mass is 409 g/mol. The fraction of sp³-hybridized carbons (Fsp3) is 0.304. The summed E-state index contributed by atoms with van der Waals surface area (Å²) < 4.78 is 17.7. The zero-order valence-corrected chi connectivity index (χ0v) is 17.8. The fourth-order valence-electron chi connectivity index (χ4n) is 3.40. The van der Waals surface area contributed by atoms with Crippen LogP contribution in [0.15, 0.2) is 47.6 Å². The Hall–Kier alpha value is -3.48. The quantitative estimate of drug-likeness (QED) is 0.332. The van der Waals surface area contributed by atoms with Gasteiger partial charge in [0.05, 0.1) is 33.6 Å². The third kappa shape index (κ3) is 4.56. The number of hydrogen-bond acceptors (Lipinski definition) is 6. The molecule has 0 unspecified atom stereocenters. The minimum atomic E-state index is -0.253. The van der Waals surface area contributed by atoms with Gasteiger partial charge in [-0.15, -0.1) is 0 Å². The van der Waals surface area contributed by atoms with Crippen LogP contribution in [-0.2, 0) is 22.6 Å². The average molecular weight is 409 g/mol. The summed E-state index contributed by atoms with van der Waals surface area (Å²) in [6, 6.07) is 13.7. The molecule has 2 aromatic carbocycles. The number of ether oxygens (including phenoxy) is 3. The summed E-state index contributed by atoms with van der Waals surface area (Å²) in [7, 11) is 3.23. The normalized spacial score (nSPS) is 11.1. The molecule has 0 radical (unpaired) electrons. The SMILES string of the molecule is CCOC(=O)Cn1c(C)c(/C=N/NCc2ccc(OC)c(OC)c2)c2ccccc21. The third-order valence-electron chi connectivity index (χ3n) is 4.89. The van der Waals surface area contributed by atoms with Gasteiger partial charge >= 0.3 is 5.97 Å². The number of hydrazone groups is 1. The van der Waals surface area contributed by atoms with E-state index in [9.17, 15) is 4.79 Å². The first-order valence-electron chi connectivity index (χ1n) is 9.79. The molecule has 0 fully saturated rings. The van der Waals surface area contributed by atoms with Crippen molar-refractivity contribution in [3.05, 3.63) is 59.3 Å². The van der Waals surface area contributed by atoms with Crippen LogP contribution in [0.1, 0.15) is 23.7 Å². The zero-order chi connectivity index (χ0) is 21.5. The molecule has 158 valence electrons. The number of methoxy groups -OCH3 is 2. The van der Waals surface area contributed by atoms with Gasteiger partial charge < -0.3 is 24.2 Å². The molecule has 1 heterocycles. The minimum absolute atomic E-state index is 0.174. The third-order valence-corrected chi connectivity index (χ3v) is 4.89. The standard InChI is InChI=1S/C23H27N3O4/c1-5-30-23(27)15-26-16(2)19(18-8-6-7-9-20(18)26)14-25-24-13-17-10-11-21(28-3)22(12-17)29-4/h6-12,14,24H,5,13,15H2,1-4H3/b25-14+. The zero-order valence-electron chi connectivity index (χ0n) is 17.8. The Balaban J connectivity index is 1.78. The van der Waals surface area contributed by atoms with E-state index >= 15 is 0 Å². The number of nitrogens with zero attached hydrogens (tertiary/aromatic N) is 2. The van der Waals surface area contributed by atoms with E-state index in [-0.39, 0.29) is 12.5 Å². The average Bonchev–Trinajstić information content (AvgIpc) is 3.02. The van der Waals surface area contributed by atoms with Gasteiger partial charge in [-0.1, -0.05) is 24.3 Å². The highest BCUT2D eigenvalue weighted by Gasteiger charge is 2.15. The number of esters is 1. The van der Waals surface area contributed by atoms with Crippen molar-refractivity contribution in [2.75, 3.05) is 20.8 Å². The molecule has 7 nitrogen and oxygen atoms in total. The van der Waals surface area contributed by atoms with Crippen molar-refractivity contribution < 1.29 is 19.0 Å². The molecular weight excluding hydrogens is 382 g/mol. The highest BCUT2D eigenvalue weighted by Crippen LogP contribution is 2.27. The van der Waals surface area contributed by atoms with Gasteiger partial charge in [0.1, 0.15) is 6.54 Å². The van der Waals surface area contributed by atoms with Crippen LogP contribution >= 0.6 is 0 Å². The van der Waals surface area contributed by atoms with E-state index in [0.717, 1.165) is 27.7 Å². The number of rotatable bonds is 9. The number of aromatic nitrogens is 1. The maximum absolute atomic E-state index is 12.0. The summed E-state index contributed by atoms with van der Waals surface area (Å²) in [6.45, 7) is 4.87. The van der Waals surface area contributed by atoms with Gasteiger partial charge in [0.2, 0.25) is 0 Å². The van der Waals surface area contributed by atoms with Crippen molar-refractivity contribution in [3.63, 3.8) is 0 Å². The molecule has 7 heteroatoms. The van der Waals surface area contributed by atoms with E-state index in [0.29, 0.717) is 24.7 Å². The first-order chi connectivity index (χ1) is 14.6. The van der Waals surface area contributed by atoms with E-state index in [1.54, 1.807) is 27.4 Å². The Morgan fingerprint density at radius 1 is 1.13 bits per heavy atom. The number of hydrogen-bond donors (Lipinski definition) is 1. The van der Waals surface area contributed by atoms with Crippen molar-refractivity contribution in [1.82, 2.24) is 9.99 Å². The highest BCUT2D eigenvalue weighted by atomic mass is 16.5. The molecule has 1 aromatic heterocycles. The maximum atomic E-state index is 12.0. The molecule has 0 saturated carbocycles. The predicted octanol–water partition coefficient (Wildman–Crippen LogP) is 3.65. The Kier molecular flexibility index (Phi) is 6.95. The van der Waals surface area contributed by atoms with E-state index in [4.69, 9.17) is 14.2 Å². The van der Waals surface area contributed by atoms with Crippen LogP contribution in [0, 0.1) is 6.92 Å². The fourth-order valence-corrected chi connectivity index (χ4v) is 3.40. The molecule has 0 atom stereocenters. The molecular formula is C23H27N3O4. The number of carbonyl (C=O) groups excluding carboxylic acids is 1. The molecule has 0 spiro atoms. The summed E-state index contributed by atoms with van der Waals surface area (Å²) in [5.41, 5.74) is 7.00. The molecule has 0 aliphatic rings. The number of fused-ring (bicyclic) bond motifs is 1. The second-order valence-corrected chi connectivity index (χ2v) is 6.69. The molecule has 3 rings (SSSR count). The van der Waals surface area contributed by atoms with Crippen LogP contribution in [0.2, 0.25) is 0 Å². The van der Waals surface area contributed by atoms with Crippen LogP contribution in [0.4, 0.5) is 0 Å². The second-order valence-electron chi connectivity index (χ2n) is 6.69. The molecule has 3 aromatic rings. The van der Waals surface area contributed by atoms with Crippen molar-refractivity contribution in [2.24, 2.45) is 5.10 Å². The largest absolute Gasteiger partial charge is 0.493 e. The number of para-hydroxylation sites is 1. The van der Waals surface area contributed by atoms with Gasteiger partial charge in [-0.25, -0.2) is 0 Å². The Bertz CT molecular complexity index is 1060. The second kappa shape index (κ2) is 9.82. The summed E-state index contributed by atoms with van der Waals surface area (Å²) >= 11 is 0. The first kappa shape index (κ1) is 21.2. The smallest absolute Gasteiger partial charge is 0.325 e. The lowest BCUT2D eigenvalue weighted by Crippen LogP contribution is -2.14. The molecule has 0 amide bonds. The Morgan fingerprint density at radius 3 is 2.63 bits per heavy atom. The van der Waals surface area contributed by atoms with E-state index in [1.807, 2.05) is 54.0 Å². The van der Waals surface area contributed by atoms with Gasteiger partial charge in [-0.2, -0.15) is 5.10 Å². The van der Waals surface area contributed by atoms with Crippen LogP contribution in [0.5, 0.6) is 11.5 Å². The lowest BCUT2D eigenvalue weighted by molar-refractivity contribution is -0.143. The van der Waals surface area contributed by atoms with E-state index < -0.39 is 0 Å². The van der Waals surface area contributed by atoms with Gasteiger partial charge in [0, 0.05) is 22.2 Å². The molecule has 1 N–H and O–H groups in total. The lowest BCUT2D eigenvalue weighted by Gasteiger charge is -2.09. The Morgan fingerprint density at radius 2 is 1.90 bits per heavy atom. The van der Waals surface area contributed by atoms with E-state index in [1.165, 1.54) is 0 Å². The molecule has 0 aliphatic heterocycles. The lowest BCUT2D eigenvalue weighted by atomic mass is 10.1. The van der Waals surface area contributed by atoms with Crippen molar-refractivity contribution in [3.8, 4) is 11.5 Å². The number of benzene rings is 2. The topological polar surface area (TPSA) is 74.1 Å². The first-order valence-corrected chi connectivity index (χ1v) is 9.79. The van der Waals surface area contributed by atoms with Crippen LogP contribution < -0.4 is 14.9 Å². The van der Waals surface area contributed by atoms with Gasteiger partial charge in [-0.3, -0.25) is 4.79 Å². The van der Waals surface area contributed by atoms with Crippen molar-refractivity contribution >= 4 is 23.1 Å². The van der Waals surface area contributed by atoms with Gasteiger partial charge in [-0.05, 0) is 37.6 Å².